The summed E-state index contributed by atoms with van der Waals surface area (Å²) in [6.45, 7) is 5.43. The number of aromatic nitrogens is 2. The van der Waals surface area contributed by atoms with E-state index in [-0.39, 0.29) is 0 Å². The van der Waals surface area contributed by atoms with Gasteiger partial charge in [0.05, 0.1) is 19.4 Å². The van der Waals surface area contributed by atoms with Crippen LogP contribution in [-0.2, 0) is 11.3 Å². The van der Waals surface area contributed by atoms with Crippen molar-refractivity contribution in [1.82, 2.24) is 14.9 Å². The minimum absolute atomic E-state index is 0.437. The van der Waals surface area contributed by atoms with E-state index in [0.717, 1.165) is 38.6 Å². The Hall–Kier alpha value is -2.18. The smallest absolute Gasteiger partial charge is 0.232 e. The third-order valence-electron chi connectivity index (χ3n) is 3.55. The summed E-state index contributed by atoms with van der Waals surface area (Å²) in [7, 11) is 0. The maximum absolute atomic E-state index is 5.74. The summed E-state index contributed by atoms with van der Waals surface area (Å²) in [5.74, 6) is 1.37. The molecule has 0 saturated carbocycles. The fourth-order valence-electron chi connectivity index (χ4n) is 2.42. The molecule has 0 radical (unpaired) electrons. The van der Waals surface area contributed by atoms with Gasteiger partial charge in [-0.1, -0.05) is 12.1 Å². The highest BCUT2D eigenvalue weighted by Crippen LogP contribution is 2.15. The Balaban J connectivity index is 1.43. The Bertz CT molecular complexity index is 589. The fourth-order valence-corrected chi connectivity index (χ4v) is 2.42. The van der Waals surface area contributed by atoms with Gasteiger partial charge in [0.15, 0.2) is 0 Å². The molecule has 0 aliphatic carbocycles. The Labute approximate surface area is 136 Å². The monoisotopic (exact) mass is 315 g/mol. The molecule has 6 nitrogen and oxygen atoms in total. The summed E-state index contributed by atoms with van der Waals surface area (Å²) >= 11 is 0. The summed E-state index contributed by atoms with van der Waals surface area (Å²) in [5.41, 5.74) is 1.25. The fraction of sp³-hybridized carbons (Fsp3) is 0.412. The molecule has 0 N–H and O–H groups in total. The second-order valence-electron chi connectivity index (χ2n) is 5.28. The van der Waals surface area contributed by atoms with Gasteiger partial charge in [0.2, 0.25) is 5.88 Å². The van der Waals surface area contributed by atoms with Gasteiger partial charge >= 0.3 is 0 Å². The van der Waals surface area contributed by atoms with Gasteiger partial charge in [0.1, 0.15) is 19.0 Å². The quantitative estimate of drug-likeness (QED) is 0.726. The highest BCUT2D eigenvalue weighted by molar-refractivity contribution is 5.28. The molecule has 1 aromatic heterocycles. The van der Waals surface area contributed by atoms with E-state index >= 15 is 0 Å². The molecule has 1 saturated heterocycles. The molecular weight excluding hydrogens is 294 g/mol. The van der Waals surface area contributed by atoms with Gasteiger partial charge in [-0.05, 0) is 17.7 Å². The molecule has 0 amide bonds. The Morgan fingerprint density at radius 3 is 2.78 bits per heavy atom. The normalized spacial score (nSPS) is 15.3. The van der Waals surface area contributed by atoms with E-state index in [0.29, 0.717) is 19.1 Å². The lowest BCUT2D eigenvalue weighted by Crippen LogP contribution is -2.35. The molecule has 0 spiro atoms. The van der Waals surface area contributed by atoms with Crippen molar-refractivity contribution in [3.8, 4) is 11.6 Å². The first-order chi connectivity index (χ1) is 11.4. The molecule has 1 aromatic carbocycles. The van der Waals surface area contributed by atoms with Crippen molar-refractivity contribution in [2.75, 3.05) is 39.5 Å². The summed E-state index contributed by atoms with van der Waals surface area (Å²) in [5, 5.41) is 0. The van der Waals surface area contributed by atoms with E-state index < -0.39 is 0 Å². The van der Waals surface area contributed by atoms with Crippen molar-refractivity contribution in [2.45, 2.75) is 6.54 Å². The first kappa shape index (κ1) is 15.7. The largest absolute Gasteiger partial charge is 0.490 e. The lowest BCUT2D eigenvalue weighted by Gasteiger charge is -2.26. The van der Waals surface area contributed by atoms with Crippen LogP contribution >= 0.6 is 0 Å². The van der Waals surface area contributed by atoms with E-state index in [1.807, 2.05) is 12.1 Å². The Morgan fingerprint density at radius 1 is 1.09 bits per heavy atom. The Kier molecular flexibility index (Phi) is 5.77. The topological polar surface area (TPSA) is 56.7 Å². The van der Waals surface area contributed by atoms with E-state index in [1.165, 1.54) is 5.56 Å². The molecule has 1 aliphatic rings. The zero-order valence-corrected chi connectivity index (χ0v) is 13.1. The van der Waals surface area contributed by atoms with Gasteiger partial charge < -0.3 is 14.2 Å². The molecular formula is C17H21N3O3. The molecule has 0 atom stereocenters. The van der Waals surface area contributed by atoms with E-state index in [2.05, 4.69) is 27.0 Å². The predicted octanol–water partition coefficient (Wildman–Crippen LogP) is 1.77. The average Bonchev–Trinajstić information content (AvgIpc) is 2.61. The first-order valence-electron chi connectivity index (χ1n) is 7.81. The summed E-state index contributed by atoms with van der Waals surface area (Å²) in [6, 6.07) is 8.19. The number of ether oxygens (including phenoxy) is 3. The zero-order chi connectivity index (χ0) is 15.7. The summed E-state index contributed by atoms with van der Waals surface area (Å²) < 4.78 is 16.6. The second kappa shape index (κ2) is 8.45. The second-order valence-corrected chi connectivity index (χ2v) is 5.28. The number of morpholine rings is 1. The third-order valence-corrected chi connectivity index (χ3v) is 3.55. The highest BCUT2D eigenvalue weighted by atomic mass is 16.5. The number of rotatable bonds is 7. The maximum Gasteiger partial charge on any atom is 0.232 e. The van der Waals surface area contributed by atoms with Gasteiger partial charge in [-0.3, -0.25) is 9.88 Å². The van der Waals surface area contributed by atoms with Gasteiger partial charge in [-0.15, -0.1) is 0 Å². The summed E-state index contributed by atoms with van der Waals surface area (Å²) in [4.78, 5) is 10.4. The van der Waals surface area contributed by atoms with Crippen LogP contribution in [0.3, 0.4) is 0 Å². The minimum atomic E-state index is 0.437. The van der Waals surface area contributed by atoms with Crippen molar-refractivity contribution in [3.05, 3.63) is 48.4 Å². The molecule has 2 aromatic rings. The van der Waals surface area contributed by atoms with Crippen LogP contribution in [0.1, 0.15) is 5.56 Å². The number of hydrogen-bond donors (Lipinski definition) is 0. The van der Waals surface area contributed by atoms with Crippen LogP contribution < -0.4 is 9.47 Å². The maximum atomic E-state index is 5.74. The third kappa shape index (κ3) is 5.19. The molecule has 0 bridgehead atoms. The van der Waals surface area contributed by atoms with Crippen molar-refractivity contribution >= 4 is 0 Å². The first-order valence-corrected chi connectivity index (χ1v) is 7.81. The lowest BCUT2D eigenvalue weighted by molar-refractivity contribution is 0.0341. The molecule has 2 heterocycles. The number of nitrogens with zero attached hydrogens (tertiary/aromatic N) is 3. The summed E-state index contributed by atoms with van der Waals surface area (Å²) in [6.07, 6.45) is 4.80. The van der Waals surface area contributed by atoms with Crippen LogP contribution in [-0.4, -0.2) is 54.4 Å². The molecule has 23 heavy (non-hydrogen) atoms. The van der Waals surface area contributed by atoms with Gasteiger partial charge in [-0.25, -0.2) is 4.98 Å². The van der Waals surface area contributed by atoms with Crippen LogP contribution in [0, 0.1) is 0 Å². The van der Waals surface area contributed by atoms with Crippen molar-refractivity contribution < 1.29 is 14.2 Å². The molecule has 6 heteroatoms. The number of benzene rings is 1. The van der Waals surface area contributed by atoms with Gasteiger partial charge in [0.25, 0.3) is 0 Å². The van der Waals surface area contributed by atoms with Gasteiger partial charge in [0, 0.05) is 32.0 Å². The van der Waals surface area contributed by atoms with E-state index in [9.17, 15) is 0 Å². The molecule has 1 fully saturated rings. The van der Waals surface area contributed by atoms with Crippen LogP contribution in [0.4, 0.5) is 0 Å². The van der Waals surface area contributed by atoms with Crippen LogP contribution in [0.15, 0.2) is 42.9 Å². The van der Waals surface area contributed by atoms with Crippen molar-refractivity contribution in [1.29, 1.82) is 0 Å². The van der Waals surface area contributed by atoms with Crippen molar-refractivity contribution in [3.63, 3.8) is 0 Å². The van der Waals surface area contributed by atoms with E-state index in [1.54, 1.807) is 18.6 Å². The standard InChI is InChI=1S/C17H21N3O3/c1-2-15(14-20-6-8-21-9-7-20)12-16(3-1)22-10-11-23-17-13-18-4-5-19-17/h1-5,12-13H,6-11,14H2. The van der Waals surface area contributed by atoms with Crippen LogP contribution in [0.25, 0.3) is 0 Å². The Morgan fingerprint density at radius 2 is 1.96 bits per heavy atom. The molecule has 0 unspecified atom stereocenters. The number of hydrogen-bond acceptors (Lipinski definition) is 6. The molecule has 1 aliphatic heterocycles. The van der Waals surface area contributed by atoms with Crippen LogP contribution in [0.5, 0.6) is 11.6 Å². The molecule has 122 valence electrons. The SMILES string of the molecule is c1cc(CN2CCOCC2)cc(OCCOc2cnccn2)c1. The zero-order valence-electron chi connectivity index (χ0n) is 13.1. The van der Waals surface area contributed by atoms with E-state index in [4.69, 9.17) is 14.2 Å². The average molecular weight is 315 g/mol. The minimum Gasteiger partial charge on any atom is -0.490 e. The van der Waals surface area contributed by atoms with Crippen LogP contribution in [0.2, 0.25) is 0 Å². The predicted molar refractivity (Wildman–Crippen MR) is 85.6 cm³/mol. The lowest BCUT2D eigenvalue weighted by atomic mass is 10.2. The highest BCUT2D eigenvalue weighted by Gasteiger charge is 2.10. The van der Waals surface area contributed by atoms with Crippen molar-refractivity contribution in [2.24, 2.45) is 0 Å². The van der Waals surface area contributed by atoms with Gasteiger partial charge in [-0.2, -0.15) is 0 Å². The molecule has 3 rings (SSSR count).